The predicted octanol–water partition coefficient (Wildman–Crippen LogP) is 6.14. The lowest BCUT2D eigenvalue weighted by Crippen LogP contribution is -2.51. The number of likely N-dealkylation sites (N-methyl/N-ethyl adjacent to an activating group) is 1. The standard InChI is InChI=1S/C27H27Cl2FN2O2S/c1-2-31-27(34)25(15-19-8-4-3-5-9-19)32(16-20-10-6-11-21(28)14-20)26(33)18-35-17-22-23(29)12-7-13-24(22)30/h3-14,25H,2,15-18H2,1H3,(H,31,34)/t25-/m0/s1. The number of carbonyl (C=O) groups is 2. The van der Waals surface area contributed by atoms with Gasteiger partial charge >= 0.3 is 0 Å². The van der Waals surface area contributed by atoms with E-state index in [4.69, 9.17) is 23.2 Å². The van der Waals surface area contributed by atoms with Gasteiger partial charge in [0.25, 0.3) is 0 Å². The van der Waals surface area contributed by atoms with Gasteiger partial charge in [-0.2, -0.15) is 0 Å². The van der Waals surface area contributed by atoms with Crippen molar-refractivity contribution in [2.45, 2.75) is 31.7 Å². The highest BCUT2D eigenvalue weighted by atomic mass is 35.5. The molecule has 3 rings (SSSR count). The molecule has 0 aromatic heterocycles. The number of rotatable bonds is 11. The fourth-order valence-electron chi connectivity index (χ4n) is 3.67. The van der Waals surface area contributed by atoms with E-state index in [1.54, 1.807) is 29.2 Å². The van der Waals surface area contributed by atoms with Crippen molar-refractivity contribution >= 4 is 46.8 Å². The summed E-state index contributed by atoms with van der Waals surface area (Å²) in [6.45, 7) is 2.51. The Labute approximate surface area is 219 Å². The van der Waals surface area contributed by atoms with E-state index in [1.165, 1.54) is 17.8 Å². The molecule has 0 radical (unpaired) electrons. The molecule has 0 unspecified atom stereocenters. The van der Waals surface area contributed by atoms with Gasteiger partial charge in [0.15, 0.2) is 0 Å². The van der Waals surface area contributed by atoms with Gasteiger partial charge in [0, 0.05) is 40.9 Å². The number of halogens is 3. The third-order valence-corrected chi connectivity index (χ3v) is 6.93. The molecule has 0 aliphatic carbocycles. The zero-order valence-electron chi connectivity index (χ0n) is 19.3. The zero-order valence-corrected chi connectivity index (χ0v) is 21.7. The Morgan fingerprint density at radius 3 is 2.40 bits per heavy atom. The van der Waals surface area contributed by atoms with Crippen LogP contribution >= 0.6 is 35.0 Å². The molecule has 0 saturated carbocycles. The van der Waals surface area contributed by atoms with Crippen LogP contribution in [0.5, 0.6) is 0 Å². The smallest absolute Gasteiger partial charge is 0.243 e. The van der Waals surface area contributed by atoms with Gasteiger partial charge in [-0.1, -0.05) is 71.7 Å². The van der Waals surface area contributed by atoms with Crippen LogP contribution in [0.1, 0.15) is 23.6 Å². The number of nitrogens with zero attached hydrogens (tertiary/aromatic N) is 1. The molecule has 1 atom stereocenters. The Morgan fingerprint density at radius 1 is 1.00 bits per heavy atom. The van der Waals surface area contributed by atoms with Crippen LogP contribution in [-0.4, -0.2) is 35.1 Å². The van der Waals surface area contributed by atoms with E-state index in [-0.39, 0.29) is 29.9 Å². The summed E-state index contributed by atoms with van der Waals surface area (Å²) in [7, 11) is 0. The van der Waals surface area contributed by atoms with Crippen molar-refractivity contribution in [3.8, 4) is 0 Å². The highest BCUT2D eigenvalue weighted by molar-refractivity contribution is 7.99. The molecule has 2 amide bonds. The van der Waals surface area contributed by atoms with Crippen LogP contribution in [0.4, 0.5) is 4.39 Å². The van der Waals surface area contributed by atoms with E-state index in [2.05, 4.69) is 5.32 Å². The minimum atomic E-state index is -0.721. The Kier molecular flexibility index (Phi) is 10.5. The van der Waals surface area contributed by atoms with E-state index in [0.29, 0.717) is 28.6 Å². The number of hydrogen-bond donors (Lipinski definition) is 1. The van der Waals surface area contributed by atoms with Gasteiger partial charge < -0.3 is 10.2 Å². The first-order valence-corrected chi connectivity index (χ1v) is 13.2. The second-order valence-corrected chi connectivity index (χ2v) is 9.77. The number of carbonyl (C=O) groups excluding carboxylic acids is 2. The molecule has 3 aromatic rings. The maximum absolute atomic E-state index is 14.2. The highest BCUT2D eigenvalue weighted by Crippen LogP contribution is 2.25. The average Bonchev–Trinajstić information content (AvgIpc) is 2.84. The Balaban J connectivity index is 1.85. The molecule has 4 nitrogen and oxygen atoms in total. The summed E-state index contributed by atoms with van der Waals surface area (Å²) in [4.78, 5) is 28.2. The van der Waals surface area contributed by atoms with E-state index in [9.17, 15) is 14.0 Å². The minimum Gasteiger partial charge on any atom is -0.355 e. The second-order valence-electron chi connectivity index (χ2n) is 7.94. The largest absolute Gasteiger partial charge is 0.355 e. The lowest BCUT2D eigenvalue weighted by atomic mass is 10.0. The lowest BCUT2D eigenvalue weighted by Gasteiger charge is -2.31. The van der Waals surface area contributed by atoms with E-state index in [0.717, 1.165) is 11.1 Å². The SMILES string of the molecule is CCNC(=O)[C@H](Cc1ccccc1)N(Cc1cccc(Cl)c1)C(=O)CSCc1c(F)cccc1Cl. The van der Waals surface area contributed by atoms with Crippen LogP contribution < -0.4 is 5.32 Å². The summed E-state index contributed by atoms with van der Waals surface area (Å²) >= 11 is 13.6. The van der Waals surface area contributed by atoms with Gasteiger partial charge in [-0.15, -0.1) is 11.8 Å². The Bertz CT molecular complexity index is 1130. The van der Waals surface area contributed by atoms with Gasteiger partial charge in [0.2, 0.25) is 11.8 Å². The topological polar surface area (TPSA) is 49.4 Å². The molecule has 0 saturated heterocycles. The van der Waals surface area contributed by atoms with Crippen LogP contribution in [0, 0.1) is 5.82 Å². The molecule has 184 valence electrons. The molecule has 3 aromatic carbocycles. The summed E-state index contributed by atoms with van der Waals surface area (Å²) < 4.78 is 14.2. The summed E-state index contributed by atoms with van der Waals surface area (Å²) in [6.07, 6.45) is 0.364. The summed E-state index contributed by atoms with van der Waals surface area (Å²) in [5, 5.41) is 3.74. The Morgan fingerprint density at radius 2 is 1.71 bits per heavy atom. The second kappa shape index (κ2) is 13.5. The van der Waals surface area contributed by atoms with Gasteiger partial charge in [-0.25, -0.2) is 4.39 Å². The first-order valence-electron chi connectivity index (χ1n) is 11.2. The molecule has 1 N–H and O–H groups in total. The third kappa shape index (κ3) is 7.99. The van der Waals surface area contributed by atoms with E-state index < -0.39 is 11.9 Å². The first kappa shape index (κ1) is 27.1. The van der Waals surface area contributed by atoms with Gasteiger partial charge in [-0.3, -0.25) is 9.59 Å². The van der Waals surface area contributed by atoms with Crippen LogP contribution in [0.3, 0.4) is 0 Å². The van der Waals surface area contributed by atoms with Crippen molar-refractivity contribution < 1.29 is 14.0 Å². The lowest BCUT2D eigenvalue weighted by molar-refractivity contribution is -0.139. The molecule has 0 fully saturated rings. The maximum Gasteiger partial charge on any atom is 0.243 e. The summed E-state index contributed by atoms with van der Waals surface area (Å²) in [5.41, 5.74) is 2.12. The fourth-order valence-corrected chi connectivity index (χ4v) is 5.13. The minimum absolute atomic E-state index is 0.0654. The molecule has 35 heavy (non-hydrogen) atoms. The third-order valence-electron chi connectivity index (χ3n) is 5.40. The summed E-state index contributed by atoms with van der Waals surface area (Å²) in [5.74, 6) is -0.552. The molecule has 0 aliphatic heterocycles. The van der Waals surface area contributed by atoms with Gasteiger partial charge in [-0.05, 0) is 42.3 Å². The monoisotopic (exact) mass is 532 g/mol. The molecular weight excluding hydrogens is 506 g/mol. The average molecular weight is 533 g/mol. The fraction of sp³-hybridized carbons (Fsp3) is 0.259. The molecule has 0 heterocycles. The highest BCUT2D eigenvalue weighted by Gasteiger charge is 2.30. The van der Waals surface area contributed by atoms with Crippen molar-refractivity contribution in [3.63, 3.8) is 0 Å². The molecule has 8 heteroatoms. The quantitative estimate of drug-likeness (QED) is 0.322. The summed E-state index contributed by atoms with van der Waals surface area (Å²) in [6, 6.07) is 20.6. The normalized spacial score (nSPS) is 11.7. The first-order chi connectivity index (χ1) is 16.9. The van der Waals surface area contributed by atoms with Gasteiger partial charge in [0.05, 0.1) is 5.75 Å². The number of hydrogen-bond acceptors (Lipinski definition) is 3. The molecular formula is C27H27Cl2FN2O2S. The van der Waals surface area contributed by atoms with Crippen molar-refractivity contribution in [1.82, 2.24) is 10.2 Å². The van der Waals surface area contributed by atoms with Gasteiger partial charge in [0.1, 0.15) is 11.9 Å². The van der Waals surface area contributed by atoms with Crippen molar-refractivity contribution in [2.75, 3.05) is 12.3 Å². The number of benzene rings is 3. The van der Waals surface area contributed by atoms with E-state index in [1.807, 2.05) is 49.4 Å². The zero-order chi connectivity index (χ0) is 25.2. The molecule has 0 spiro atoms. The van der Waals surface area contributed by atoms with Crippen molar-refractivity contribution in [2.24, 2.45) is 0 Å². The van der Waals surface area contributed by atoms with E-state index >= 15 is 0 Å². The van der Waals surface area contributed by atoms with Crippen LogP contribution in [-0.2, 0) is 28.3 Å². The number of amides is 2. The number of thioether (sulfide) groups is 1. The van der Waals surface area contributed by atoms with Crippen molar-refractivity contribution in [1.29, 1.82) is 0 Å². The van der Waals surface area contributed by atoms with Crippen LogP contribution in [0.15, 0.2) is 72.8 Å². The Hall–Kier alpha value is -2.54. The van der Waals surface area contributed by atoms with Crippen LogP contribution in [0.2, 0.25) is 10.0 Å². The van der Waals surface area contributed by atoms with Crippen molar-refractivity contribution in [3.05, 3.63) is 105 Å². The molecule has 0 aliphatic rings. The molecule has 0 bridgehead atoms. The van der Waals surface area contributed by atoms with Crippen LogP contribution in [0.25, 0.3) is 0 Å². The maximum atomic E-state index is 14.2. The predicted molar refractivity (Wildman–Crippen MR) is 142 cm³/mol. The number of nitrogens with one attached hydrogen (secondary N) is 1.